The van der Waals surface area contributed by atoms with Gasteiger partial charge in [0.05, 0.1) is 7.11 Å². The lowest BCUT2D eigenvalue weighted by Crippen LogP contribution is -2.02. The van der Waals surface area contributed by atoms with Crippen molar-refractivity contribution in [2.45, 2.75) is 13.3 Å². The van der Waals surface area contributed by atoms with Crippen LogP contribution in [-0.4, -0.2) is 18.6 Å². The van der Waals surface area contributed by atoms with Crippen molar-refractivity contribution in [3.05, 3.63) is 30.1 Å². The molecule has 90 valence electrons. The smallest absolute Gasteiger partial charge is 0.148 e. The third-order valence-corrected chi connectivity index (χ3v) is 2.50. The highest BCUT2D eigenvalue weighted by atomic mass is 19.1. The van der Waals surface area contributed by atoms with Gasteiger partial charge in [-0.2, -0.15) is 0 Å². The molecule has 0 saturated heterocycles. The molecule has 0 aliphatic rings. The van der Waals surface area contributed by atoms with Gasteiger partial charge in [-0.15, -0.1) is 0 Å². The normalized spacial score (nSPS) is 10.5. The average Bonchev–Trinajstić information content (AvgIpc) is 2.35. The summed E-state index contributed by atoms with van der Waals surface area (Å²) >= 11 is 0. The Morgan fingerprint density at radius 2 is 2.18 bits per heavy atom. The molecule has 2 aromatic rings. The number of nitrogens with zero attached hydrogens (tertiary/aromatic N) is 1. The van der Waals surface area contributed by atoms with Crippen LogP contribution in [0.5, 0.6) is 5.75 Å². The maximum Gasteiger partial charge on any atom is 0.148 e. The average molecular weight is 234 g/mol. The first-order valence-corrected chi connectivity index (χ1v) is 5.62. The molecule has 0 radical (unpaired) electrons. The SMILES string of the molecule is CCCNc1ccc2cc(F)cc(OC)c2n1. The van der Waals surface area contributed by atoms with Crippen molar-refractivity contribution in [2.75, 3.05) is 19.0 Å². The van der Waals surface area contributed by atoms with Crippen LogP contribution in [0.25, 0.3) is 10.9 Å². The molecule has 3 nitrogen and oxygen atoms in total. The second kappa shape index (κ2) is 4.99. The molecule has 0 bridgehead atoms. The highest BCUT2D eigenvalue weighted by Crippen LogP contribution is 2.26. The summed E-state index contributed by atoms with van der Waals surface area (Å²) in [6, 6.07) is 6.48. The van der Waals surface area contributed by atoms with Crippen molar-refractivity contribution in [1.29, 1.82) is 0 Å². The quantitative estimate of drug-likeness (QED) is 0.882. The molecule has 0 unspecified atom stereocenters. The molecule has 0 aliphatic carbocycles. The molecule has 0 amide bonds. The Morgan fingerprint density at radius 1 is 1.35 bits per heavy atom. The molecule has 2 rings (SSSR count). The van der Waals surface area contributed by atoms with E-state index in [9.17, 15) is 4.39 Å². The minimum atomic E-state index is -0.314. The highest BCUT2D eigenvalue weighted by Gasteiger charge is 2.06. The van der Waals surface area contributed by atoms with Crippen molar-refractivity contribution >= 4 is 16.7 Å². The monoisotopic (exact) mass is 234 g/mol. The summed E-state index contributed by atoms with van der Waals surface area (Å²) in [7, 11) is 1.52. The van der Waals surface area contributed by atoms with Crippen LogP contribution in [0.2, 0.25) is 0 Å². The molecular weight excluding hydrogens is 219 g/mol. The van der Waals surface area contributed by atoms with E-state index in [1.54, 1.807) is 0 Å². The molecule has 0 aliphatic heterocycles. The summed E-state index contributed by atoms with van der Waals surface area (Å²) in [4.78, 5) is 4.42. The minimum Gasteiger partial charge on any atom is -0.494 e. The zero-order valence-corrected chi connectivity index (χ0v) is 9.96. The Hall–Kier alpha value is -1.84. The fourth-order valence-corrected chi connectivity index (χ4v) is 1.67. The standard InChI is InChI=1S/C13H15FN2O/c1-3-6-15-12-5-4-9-7-10(14)8-11(17-2)13(9)16-12/h4-5,7-8H,3,6H2,1-2H3,(H,15,16). The first-order chi connectivity index (χ1) is 8.24. The predicted octanol–water partition coefficient (Wildman–Crippen LogP) is 3.20. The van der Waals surface area contributed by atoms with E-state index in [4.69, 9.17) is 4.74 Å². The molecule has 1 aromatic heterocycles. The second-order valence-electron chi connectivity index (χ2n) is 3.80. The number of methoxy groups -OCH3 is 1. The molecule has 1 heterocycles. The molecule has 17 heavy (non-hydrogen) atoms. The van der Waals surface area contributed by atoms with Crippen molar-refractivity contribution in [2.24, 2.45) is 0 Å². The van der Waals surface area contributed by atoms with Gasteiger partial charge in [0.1, 0.15) is 22.9 Å². The minimum absolute atomic E-state index is 0.314. The number of nitrogens with one attached hydrogen (secondary N) is 1. The molecule has 4 heteroatoms. The second-order valence-corrected chi connectivity index (χ2v) is 3.80. The van der Waals surface area contributed by atoms with Gasteiger partial charge >= 0.3 is 0 Å². The first kappa shape index (κ1) is 11.6. The lowest BCUT2D eigenvalue weighted by Gasteiger charge is -2.08. The molecule has 0 spiro atoms. The topological polar surface area (TPSA) is 34.1 Å². The third kappa shape index (κ3) is 2.46. The van der Waals surface area contributed by atoms with Crippen molar-refractivity contribution in [3.63, 3.8) is 0 Å². The summed E-state index contributed by atoms with van der Waals surface area (Å²) in [6.07, 6.45) is 1.03. The van der Waals surface area contributed by atoms with Gasteiger partial charge in [0.25, 0.3) is 0 Å². The number of aromatic nitrogens is 1. The van der Waals surface area contributed by atoms with Crippen LogP contribution in [0.15, 0.2) is 24.3 Å². The number of halogens is 1. The van der Waals surface area contributed by atoms with Gasteiger partial charge in [0.2, 0.25) is 0 Å². The van der Waals surface area contributed by atoms with E-state index in [0.717, 1.165) is 24.2 Å². The van der Waals surface area contributed by atoms with Gasteiger partial charge in [-0.1, -0.05) is 6.92 Å². The number of ether oxygens (including phenoxy) is 1. The molecule has 1 N–H and O–H groups in total. The van der Waals surface area contributed by atoms with Crippen LogP contribution in [-0.2, 0) is 0 Å². The molecule has 0 fully saturated rings. The number of hydrogen-bond donors (Lipinski definition) is 1. The molecule has 1 aromatic carbocycles. The van der Waals surface area contributed by atoms with E-state index in [-0.39, 0.29) is 5.82 Å². The summed E-state index contributed by atoms with van der Waals surface area (Å²) in [5, 5.41) is 3.93. The largest absolute Gasteiger partial charge is 0.494 e. The Morgan fingerprint density at radius 3 is 2.88 bits per heavy atom. The predicted molar refractivity (Wildman–Crippen MR) is 67.0 cm³/mol. The van der Waals surface area contributed by atoms with Crippen LogP contribution in [0.4, 0.5) is 10.2 Å². The van der Waals surface area contributed by atoms with Crippen LogP contribution >= 0.6 is 0 Å². The number of hydrogen-bond acceptors (Lipinski definition) is 3. The van der Waals surface area contributed by atoms with Crippen LogP contribution in [0, 0.1) is 5.82 Å². The van der Waals surface area contributed by atoms with E-state index in [2.05, 4.69) is 17.2 Å². The lowest BCUT2D eigenvalue weighted by molar-refractivity contribution is 0.415. The first-order valence-electron chi connectivity index (χ1n) is 5.62. The van der Waals surface area contributed by atoms with Gasteiger partial charge in [0.15, 0.2) is 0 Å². The van der Waals surface area contributed by atoms with E-state index in [1.807, 2.05) is 12.1 Å². The van der Waals surface area contributed by atoms with Crippen molar-refractivity contribution < 1.29 is 9.13 Å². The number of pyridine rings is 1. The Labute approximate surface area is 99.6 Å². The lowest BCUT2D eigenvalue weighted by atomic mass is 10.2. The Bertz CT molecular complexity index is 528. The Balaban J connectivity index is 2.47. The maximum absolute atomic E-state index is 13.3. The van der Waals surface area contributed by atoms with Crippen molar-refractivity contribution in [3.8, 4) is 5.75 Å². The van der Waals surface area contributed by atoms with Gasteiger partial charge < -0.3 is 10.1 Å². The fourth-order valence-electron chi connectivity index (χ4n) is 1.67. The van der Waals surface area contributed by atoms with Gasteiger partial charge in [-0.05, 0) is 24.6 Å². The van der Waals surface area contributed by atoms with E-state index < -0.39 is 0 Å². The van der Waals surface area contributed by atoms with Crippen molar-refractivity contribution in [1.82, 2.24) is 4.98 Å². The number of fused-ring (bicyclic) bond motifs is 1. The Kier molecular flexibility index (Phi) is 3.42. The number of benzene rings is 1. The fraction of sp³-hybridized carbons (Fsp3) is 0.308. The summed E-state index contributed by atoms with van der Waals surface area (Å²) in [5.41, 5.74) is 0.676. The van der Waals surface area contributed by atoms with Gasteiger partial charge in [-0.25, -0.2) is 9.37 Å². The molecular formula is C13H15FN2O. The van der Waals surface area contributed by atoms with Crippen LogP contribution in [0.1, 0.15) is 13.3 Å². The van der Waals surface area contributed by atoms with Gasteiger partial charge in [-0.3, -0.25) is 0 Å². The zero-order valence-electron chi connectivity index (χ0n) is 9.96. The van der Waals surface area contributed by atoms with Gasteiger partial charge in [0, 0.05) is 18.0 Å². The zero-order chi connectivity index (χ0) is 12.3. The molecule has 0 saturated carbocycles. The number of anilines is 1. The molecule has 0 atom stereocenters. The summed E-state index contributed by atoms with van der Waals surface area (Å²) in [5.74, 6) is 0.926. The van der Waals surface area contributed by atoms with Crippen LogP contribution in [0.3, 0.4) is 0 Å². The number of rotatable bonds is 4. The third-order valence-electron chi connectivity index (χ3n) is 2.50. The summed E-state index contributed by atoms with van der Waals surface area (Å²) in [6.45, 7) is 2.95. The maximum atomic E-state index is 13.3. The highest BCUT2D eigenvalue weighted by molar-refractivity contribution is 5.86. The van der Waals surface area contributed by atoms with E-state index in [0.29, 0.717) is 11.3 Å². The van der Waals surface area contributed by atoms with Crippen LogP contribution < -0.4 is 10.1 Å². The van der Waals surface area contributed by atoms with E-state index in [1.165, 1.54) is 19.2 Å². The summed E-state index contributed by atoms with van der Waals surface area (Å²) < 4.78 is 18.4. The van der Waals surface area contributed by atoms with E-state index >= 15 is 0 Å².